The summed E-state index contributed by atoms with van der Waals surface area (Å²) in [6.07, 6.45) is -1.01. The van der Waals surface area contributed by atoms with Crippen molar-refractivity contribution in [2.75, 3.05) is 6.61 Å². The molecule has 0 bridgehead atoms. The Morgan fingerprint density at radius 2 is 2.11 bits per heavy atom. The van der Waals surface area contributed by atoms with Gasteiger partial charge in [0.2, 0.25) is 0 Å². The van der Waals surface area contributed by atoms with Crippen LogP contribution in [0, 0.1) is 0 Å². The lowest BCUT2D eigenvalue weighted by atomic mass is 10.2. The second-order valence-corrected chi connectivity index (χ2v) is 4.03. The van der Waals surface area contributed by atoms with Crippen molar-refractivity contribution < 1.29 is 20.1 Å². The average Bonchev–Trinajstić information content (AvgIpc) is 2.71. The molecule has 0 saturated carbocycles. The summed E-state index contributed by atoms with van der Waals surface area (Å²) in [6, 6.07) is 1.12. The zero-order valence-electron chi connectivity index (χ0n) is 9.47. The first-order valence-corrected chi connectivity index (χ1v) is 5.45. The molecular weight excluding hydrogens is 244 g/mol. The van der Waals surface area contributed by atoms with Crippen molar-refractivity contribution in [1.82, 2.24) is 9.13 Å². The predicted octanol–water partition coefficient (Wildman–Crippen LogP) is -2.40. The molecule has 0 aromatic carbocycles. The van der Waals surface area contributed by atoms with Crippen LogP contribution in [0.5, 0.6) is 0 Å². The minimum absolute atomic E-state index is 0.134. The normalized spacial score (nSPS) is 27.6. The SMILES string of the molecule is O=c1ccn([C@@H]2C[C@@H](O)[C@H](CO)O2)c(=O)n1CO. The Hall–Kier alpha value is -1.48. The van der Waals surface area contributed by atoms with Crippen LogP contribution in [-0.4, -0.2) is 43.3 Å². The minimum Gasteiger partial charge on any atom is -0.394 e. The van der Waals surface area contributed by atoms with E-state index in [4.69, 9.17) is 14.9 Å². The van der Waals surface area contributed by atoms with Crippen LogP contribution in [0.25, 0.3) is 0 Å². The lowest BCUT2D eigenvalue weighted by Crippen LogP contribution is -2.40. The molecular formula is C10H14N2O6. The Balaban J connectivity index is 2.36. The van der Waals surface area contributed by atoms with Crippen molar-refractivity contribution in [3.63, 3.8) is 0 Å². The van der Waals surface area contributed by atoms with Crippen LogP contribution in [0.4, 0.5) is 0 Å². The molecule has 1 fully saturated rings. The first-order chi connectivity index (χ1) is 8.58. The fourth-order valence-corrected chi connectivity index (χ4v) is 1.93. The van der Waals surface area contributed by atoms with Crippen LogP contribution in [0.1, 0.15) is 12.6 Å². The number of aliphatic hydroxyl groups excluding tert-OH is 3. The van der Waals surface area contributed by atoms with E-state index in [0.29, 0.717) is 4.57 Å². The molecule has 3 atom stereocenters. The molecule has 1 aromatic heterocycles. The highest BCUT2D eigenvalue weighted by molar-refractivity contribution is 4.90. The highest BCUT2D eigenvalue weighted by atomic mass is 16.5. The Morgan fingerprint density at radius 1 is 1.39 bits per heavy atom. The quantitative estimate of drug-likeness (QED) is 0.557. The molecule has 1 aromatic rings. The summed E-state index contributed by atoms with van der Waals surface area (Å²) < 4.78 is 7.04. The summed E-state index contributed by atoms with van der Waals surface area (Å²) in [5.74, 6) is 0. The number of ether oxygens (including phenoxy) is 1. The third kappa shape index (κ3) is 2.10. The zero-order valence-corrected chi connectivity index (χ0v) is 9.47. The van der Waals surface area contributed by atoms with Crippen LogP contribution in [0.3, 0.4) is 0 Å². The summed E-state index contributed by atoms with van der Waals surface area (Å²) in [4.78, 5) is 23.1. The monoisotopic (exact) mass is 258 g/mol. The number of rotatable bonds is 3. The van der Waals surface area contributed by atoms with Gasteiger partial charge in [0.05, 0.1) is 12.7 Å². The molecule has 0 radical (unpaired) electrons. The van der Waals surface area contributed by atoms with E-state index in [-0.39, 0.29) is 13.0 Å². The molecule has 1 saturated heterocycles. The topological polar surface area (TPSA) is 114 Å². The van der Waals surface area contributed by atoms with E-state index in [1.165, 1.54) is 6.20 Å². The molecule has 2 heterocycles. The lowest BCUT2D eigenvalue weighted by molar-refractivity contribution is -0.0466. The molecule has 1 aliphatic rings. The van der Waals surface area contributed by atoms with Gasteiger partial charge in [0.25, 0.3) is 5.56 Å². The van der Waals surface area contributed by atoms with Crippen LogP contribution in [0.15, 0.2) is 21.9 Å². The number of hydrogen-bond acceptors (Lipinski definition) is 6. The first-order valence-electron chi connectivity index (χ1n) is 5.45. The van der Waals surface area contributed by atoms with Crippen LogP contribution >= 0.6 is 0 Å². The summed E-state index contributed by atoms with van der Waals surface area (Å²) in [6.45, 7) is -1.08. The Kier molecular flexibility index (Phi) is 3.62. The van der Waals surface area contributed by atoms with E-state index in [9.17, 15) is 14.7 Å². The van der Waals surface area contributed by atoms with E-state index >= 15 is 0 Å². The van der Waals surface area contributed by atoms with Crippen LogP contribution in [-0.2, 0) is 11.5 Å². The van der Waals surface area contributed by atoms with Gasteiger partial charge in [0, 0.05) is 18.7 Å². The third-order valence-corrected chi connectivity index (χ3v) is 2.93. The lowest BCUT2D eigenvalue weighted by Gasteiger charge is -2.15. The molecule has 8 nitrogen and oxygen atoms in total. The predicted molar refractivity (Wildman–Crippen MR) is 58.8 cm³/mol. The van der Waals surface area contributed by atoms with E-state index < -0.39 is 36.4 Å². The molecule has 0 aliphatic carbocycles. The summed E-state index contributed by atoms with van der Waals surface area (Å²) in [7, 11) is 0. The van der Waals surface area contributed by atoms with Gasteiger partial charge in [0.15, 0.2) is 0 Å². The molecule has 0 spiro atoms. The Morgan fingerprint density at radius 3 is 2.67 bits per heavy atom. The molecule has 0 unspecified atom stereocenters. The maximum Gasteiger partial charge on any atom is 0.335 e. The molecule has 8 heteroatoms. The minimum atomic E-state index is -0.874. The Bertz CT molecular complexity index is 536. The molecule has 0 amide bonds. The fourth-order valence-electron chi connectivity index (χ4n) is 1.93. The van der Waals surface area contributed by atoms with Crippen molar-refractivity contribution in [3.8, 4) is 0 Å². The zero-order chi connectivity index (χ0) is 13.3. The Labute approximate surface area is 101 Å². The fraction of sp³-hybridized carbons (Fsp3) is 0.600. The van der Waals surface area contributed by atoms with Crippen molar-refractivity contribution >= 4 is 0 Å². The van der Waals surface area contributed by atoms with Crippen LogP contribution in [0.2, 0.25) is 0 Å². The average molecular weight is 258 g/mol. The van der Waals surface area contributed by atoms with E-state index in [0.717, 1.165) is 10.6 Å². The molecule has 1 aliphatic heterocycles. The number of aliphatic hydroxyl groups is 3. The van der Waals surface area contributed by atoms with Gasteiger partial charge in [-0.05, 0) is 0 Å². The van der Waals surface area contributed by atoms with Gasteiger partial charge in [-0.1, -0.05) is 0 Å². The van der Waals surface area contributed by atoms with Gasteiger partial charge in [0.1, 0.15) is 19.1 Å². The van der Waals surface area contributed by atoms with E-state index in [2.05, 4.69) is 0 Å². The standard InChI is InChI=1S/C10H14N2O6/c13-4-7-6(15)3-9(18-7)11-2-1-8(16)12(5-14)10(11)17/h1-2,6-7,9,13-15H,3-5H2/t6-,7+,9+/m1/s1. The maximum atomic E-state index is 11.9. The van der Waals surface area contributed by atoms with Crippen LogP contribution < -0.4 is 11.2 Å². The maximum absolute atomic E-state index is 11.9. The van der Waals surface area contributed by atoms with Gasteiger partial charge in [-0.2, -0.15) is 0 Å². The first kappa shape index (κ1) is 13.0. The molecule has 18 heavy (non-hydrogen) atoms. The van der Waals surface area contributed by atoms with E-state index in [1.54, 1.807) is 0 Å². The van der Waals surface area contributed by atoms with Gasteiger partial charge in [-0.15, -0.1) is 0 Å². The van der Waals surface area contributed by atoms with Crippen molar-refractivity contribution in [1.29, 1.82) is 0 Å². The largest absolute Gasteiger partial charge is 0.394 e. The second kappa shape index (κ2) is 5.02. The number of nitrogens with zero attached hydrogens (tertiary/aromatic N) is 2. The number of aromatic nitrogens is 2. The highest BCUT2D eigenvalue weighted by Gasteiger charge is 2.35. The smallest absolute Gasteiger partial charge is 0.335 e. The molecule has 3 N–H and O–H groups in total. The molecule has 2 rings (SSSR count). The summed E-state index contributed by atoms with van der Waals surface area (Å²) in [5, 5.41) is 27.5. The highest BCUT2D eigenvalue weighted by Crippen LogP contribution is 2.26. The van der Waals surface area contributed by atoms with Gasteiger partial charge >= 0.3 is 5.69 Å². The van der Waals surface area contributed by atoms with E-state index in [1.807, 2.05) is 0 Å². The van der Waals surface area contributed by atoms with Gasteiger partial charge in [-0.25, -0.2) is 9.36 Å². The van der Waals surface area contributed by atoms with Crippen molar-refractivity contribution in [3.05, 3.63) is 33.1 Å². The number of hydrogen-bond donors (Lipinski definition) is 3. The summed E-state index contributed by atoms with van der Waals surface area (Å²) in [5.41, 5.74) is -1.34. The third-order valence-electron chi connectivity index (χ3n) is 2.93. The second-order valence-electron chi connectivity index (χ2n) is 4.03. The molecule has 100 valence electrons. The van der Waals surface area contributed by atoms with Gasteiger partial charge in [-0.3, -0.25) is 9.36 Å². The van der Waals surface area contributed by atoms with Gasteiger partial charge < -0.3 is 20.1 Å². The summed E-state index contributed by atoms with van der Waals surface area (Å²) >= 11 is 0. The van der Waals surface area contributed by atoms with Crippen molar-refractivity contribution in [2.45, 2.75) is 31.6 Å². The van der Waals surface area contributed by atoms with Crippen molar-refractivity contribution in [2.24, 2.45) is 0 Å².